The molecule has 0 saturated heterocycles. The number of aryl methyl sites for hydroxylation is 3. The zero-order chi connectivity index (χ0) is 22.2. The fourth-order valence-corrected chi connectivity index (χ4v) is 4.08. The van der Waals surface area contributed by atoms with Gasteiger partial charge in [-0.2, -0.15) is 0 Å². The van der Waals surface area contributed by atoms with Gasteiger partial charge in [-0.1, -0.05) is 51.1 Å². The van der Waals surface area contributed by atoms with Gasteiger partial charge in [-0.25, -0.2) is 0 Å². The number of carbonyl (C=O) groups excluding carboxylic acids is 1. The van der Waals surface area contributed by atoms with Crippen molar-refractivity contribution in [3.05, 3.63) is 70.0 Å². The van der Waals surface area contributed by atoms with Crippen LogP contribution in [-0.4, -0.2) is 31.4 Å². The predicted octanol–water partition coefficient (Wildman–Crippen LogP) is 5.69. The molecule has 0 spiro atoms. The first kappa shape index (κ1) is 22.1. The molecule has 0 aliphatic heterocycles. The number of amides is 1. The van der Waals surface area contributed by atoms with Gasteiger partial charge < -0.3 is 14.6 Å². The number of hydrogen-bond donors (Lipinski definition) is 1. The molecule has 1 heterocycles. The van der Waals surface area contributed by atoms with E-state index < -0.39 is 0 Å². The molecular formula is C26H34N2O2. The van der Waals surface area contributed by atoms with Crippen molar-refractivity contribution >= 4 is 16.9 Å². The van der Waals surface area contributed by atoms with Gasteiger partial charge in [-0.05, 0) is 68.6 Å². The van der Waals surface area contributed by atoms with E-state index in [1.165, 1.54) is 11.1 Å². The summed E-state index contributed by atoms with van der Waals surface area (Å²) >= 11 is 0. The van der Waals surface area contributed by atoms with Crippen LogP contribution in [0.3, 0.4) is 0 Å². The topological polar surface area (TPSA) is 45.5 Å². The molecule has 0 fully saturated rings. The van der Waals surface area contributed by atoms with E-state index >= 15 is 0 Å². The number of benzene rings is 2. The van der Waals surface area contributed by atoms with Crippen LogP contribution in [0.1, 0.15) is 65.2 Å². The first-order chi connectivity index (χ1) is 14.0. The van der Waals surface area contributed by atoms with Gasteiger partial charge in [0, 0.05) is 17.5 Å². The first-order valence-electron chi connectivity index (χ1n) is 10.5. The number of nitrogens with zero attached hydrogens (tertiary/aromatic N) is 1. The summed E-state index contributed by atoms with van der Waals surface area (Å²) < 4.78 is 5.95. The largest absolute Gasteiger partial charge is 0.451 e. The van der Waals surface area contributed by atoms with Crippen molar-refractivity contribution in [3.63, 3.8) is 0 Å². The molecule has 0 radical (unpaired) electrons. The molecule has 3 rings (SSSR count). The zero-order valence-corrected chi connectivity index (χ0v) is 19.5. The maximum atomic E-state index is 13.0. The lowest BCUT2D eigenvalue weighted by Crippen LogP contribution is -2.34. The Morgan fingerprint density at radius 2 is 1.70 bits per heavy atom. The lowest BCUT2D eigenvalue weighted by Gasteiger charge is -2.26. The van der Waals surface area contributed by atoms with Crippen LogP contribution in [-0.2, 0) is 5.41 Å². The van der Waals surface area contributed by atoms with E-state index in [9.17, 15) is 4.79 Å². The third-order valence-corrected chi connectivity index (χ3v) is 5.82. The maximum absolute atomic E-state index is 13.0. The Morgan fingerprint density at radius 3 is 2.27 bits per heavy atom. The van der Waals surface area contributed by atoms with Crippen LogP contribution in [0.5, 0.6) is 0 Å². The highest BCUT2D eigenvalue weighted by Crippen LogP contribution is 2.30. The lowest BCUT2D eigenvalue weighted by molar-refractivity contribution is 0.0915. The minimum absolute atomic E-state index is 0.0802. The van der Waals surface area contributed by atoms with Crippen molar-refractivity contribution in [2.75, 3.05) is 20.6 Å². The molecule has 4 heteroatoms. The Kier molecular flexibility index (Phi) is 6.09. The molecule has 160 valence electrons. The lowest BCUT2D eigenvalue weighted by atomic mass is 9.86. The number of carbonyl (C=O) groups is 1. The number of hydrogen-bond acceptors (Lipinski definition) is 3. The summed E-state index contributed by atoms with van der Waals surface area (Å²) in [5.41, 5.74) is 6.54. The van der Waals surface area contributed by atoms with Crippen molar-refractivity contribution in [2.24, 2.45) is 0 Å². The molecule has 0 saturated carbocycles. The minimum Gasteiger partial charge on any atom is -0.451 e. The van der Waals surface area contributed by atoms with Gasteiger partial charge in [0.15, 0.2) is 5.76 Å². The van der Waals surface area contributed by atoms with Crippen molar-refractivity contribution in [2.45, 2.75) is 53.0 Å². The highest BCUT2D eigenvalue weighted by atomic mass is 16.3. The Bertz CT molecular complexity index is 1050. The van der Waals surface area contributed by atoms with Crippen LogP contribution in [0.4, 0.5) is 0 Å². The molecule has 30 heavy (non-hydrogen) atoms. The molecular weight excluding hydrogens is 372 g/mol. The number of likely N-dealkylation sites (N-methyl/N-ethyl adjacent to an activating group) is 1. The summed E-state index contributed by atoms with van der Waals surface area (Å²) in [4.78, 5) is 15.1. The second kappa shape index (κ2) is 8.27. The number of rotatable bonds is 5. The second-order valence-corrected chi connectivity index (χ2v) is 9.57. The zero-order valence-electron chi connectivity index (χ0n) is 19.5. The van der Waals surface area contributed by atoms with Crippen molar-refractivity contribution in [1.29, 1.82) is 0 Å². The molecule has 0 unspecified atom stereocenters. The highest BCUT2D eigenvalue weighted by Gasteiger charge is 2.22. The van der Waals surface area contributed by atoms with Gasteiger partial charge >= 0.3 is 0 Å². The van der Waals surface area contributed by atoms with Crippen LogP contribution in [0.2, 0.25) is 0 Å². The summed E-state index contributed by atoms with van der Waals surface area (Å²) in [6, 6.07) is 12.9. The summed E-state index contributed by atoms with van der Waals surface area (Å²) in [5.74, 6) is 0.234. The Morgan fingerprint density at radius 1 is 1.07 bits per heavy atom. The monoisotopic (exact) mass is 406 g/mol. The molecule has 1 aromatic heterocycles. The van der Waals surface area contributed by atoms with Gasteiger partial charge in [-0.15, -0.1) is 0 Å². The van der Waals surface area contributed by atoms with E-state index in [-0.39, 0.29) is 17.4 Å². The van der Waals surface area contributed by atoms with E-state index in [0.29, 0.717) is 12.3 Å². The van der Waals surface area contributed by atoms with Gasteiger partial charge in [0.05, 0.1) is 6.04 Å². The molecule has 0 aliphatic carbocycles. The van der Waals surface area contributed by atoms with Crippen LogP contribution in [0.25, 0.3) is 11.0 Å². The smallest absolute Gasteiger partial charge is 0.287 e. The number of nitrogens with one attached hydrogen (secondary N) is 1. The third kappa shape index (κ3) is 4.44. The summed E-state index contributed by atoms with van der Waals surface area (Å²) in [7, 11) is 4.07. The van der Waals surface area contributed by atoms with Crippen LogP contribution in [0.15, 0.2) is 40.8 Å². The molecule has 3 aromatic rings. The quantitative estimate of drug-likeness (QED) is 0.592. The Balaban J connectivity index is 1.80. The number of fused-ring (bicyclic) bond motifs is 1. The average molecular weight is 407 g/mol. The van der Waals surface area contributed by atoms with Gasteiger partial charge in [0.25, 0.3) is 5.91 Å². The van der Waals surface area contributed by atoms with Crippen LogP contribution < -0.4 is 5.32 Å². The van der Waals surface area contributed by atoms with Crippen molar-refractivity contribution < 1.29 is 9.21 Å². The summed E-state index contributed by atoms with van der Waals surface area (Å²) in [6.45, 7) is 13.2. The summed E-state index contributed by atoms with van der Waals surface area (Å²) in [6.07, 6.45) is 0. The standard InChI is InChI=1S/C26H34N2O2/c1-16-13-17(2)23-18(3)24(30-22(23)14-16)25(29)27-15-21(28(7)8)19-9-11-20(12-10-19)26(4,5)6/h9-14,21H,15H2,1-8H3,(H,27,29)/t21-/m0/s1. The Labute approximate surface area is 180 Å². The fraction of sp³-hybridized carbons (Fsp3) is 0.423. The van der Waals surface area contributed by atoms with E-state index in [1.54, 1.807) is 0 Å². The van der Waals surface area contributed by atoms with E-state index in [2.05, 4.69) is 68.2 Å². The first-order valence-corrected chi connectivity index (χ1v) is 10.5. The maximum Gasteiger partial charge on any atom is 0.287 e. The number of furan rings is 1. The molecule has 0 bridgehead atoms. The highest BCUT2D eigenvalue weighted by molar-refractivity contribution is 6.00. The SMILES string of the molecule is Cc1cc(C)c2c(C)c(C(=O)NC[C@@H](c3ccc(C(C)(C)C)cc3)N(C)C)oc2c1. The fourth-order valence-electron chi connectivity index (χ4n) is 4.08. The van der Waals surface area contributed by atoms with Crippen molar-refractivity contribution in [1.82, 2.24) is 10.2 Å². The normalized spacial score (nSPS) is 13.1. The van der Waals surface area contributed by atoms with E-state index in [4.69, 9.17) is 4.42 Å². The molecule has 2 aromatic carbocycles. The molecule has 1 N–H and O–H groups in total. The molecule has 1 atom stereocenters. The predicted molar refractivity (Wildman–Crippen MR) is 124 cm³/mol. The van der Waals surface area contributed by atoms with E-state index in [0.717, 1.165) is 27.7 Å². The van der Waals surface area contributed by atoms with Gasteiger partial charge in [-0.3, -0.25) is 4.79 Å². The Hall–Kier alpha value is -2.59. The van der Waals surface area contributed by atoms with Crippen LogP contribution >= 0.6 is 0 Å². The molecule has 4 nitrogen and oxygen atoms in total. The van der Waals surface area contributed by atoms with Gasteiger partial charge in [0.2, 0.25) is 0 Å². The van der Waals surface area contributed by atoms with Crippen LogP contribution in [0, 0.1) is 20.8 Å². The average Bonchev–Trinajstić information content (AvgIpc) is 2.97. The molecule has 1 amide bonds. The summed E-state index contributed by atoms with van der Waals surface area (Å²) in [5, 5.41) is 4.12. The van der Waals surface area contributed by atoms with Gasteiger partial charge in [0.1, 0.15) is 5.58 Å². The molecule has 0 aliphatic rings. The van der Waals surface area contributed by atoms with Crippen molar-refractivity contribution in [3.8, 4) is 0 Å². The third-order valence-electron chi connectivity index (χ3n) is 5.82. The second-order valence-electron chi connectivity index (χ2n) is 9.57. The minimum atomic E-state index is -0.168. The van der Waals surface area contributed by atoms with E-state index in [1.807, 2.05) is 34.0 Å².